The average molecular weight is 497 g/mol. The van der Waals surface area contributed by atoms with E-state index >= 15 is 0 Å². The average Bonchev–Trinajstić information content (AvgIpc) is 3.53. The molecule has 1 amide bonds. The largest absolute Gasteiger partial charge is 0.366 e. The number of amides is 1. The molecule has 5 rings (SSSR count). The number of aromatic nitrogens is 4. The highest BCUT2D eigenvalue weighted by Gasteiger charge is 2.23. The van der Waals surface area contributed by atoms with Crippen LogP contribution in [0.1, 0.15) is 67.8 Å². The molecule has 2 fully saturated rings. The molecule has 35 heavy (non-hydrogen) atoms. The van der Waals surface area contributed by atoms with Gasteiger partial charge in [0.25, 0.3) is 5.91 Å². The molecular weight excluding hydrogens is 464 g/mol. The van der Waals surface area contributed by atoms with Gasteiger partial charge in [0.1, 0.15) is 0 Å². The zero-order chi connectivity index (χ0) is 24.2. The first-order valence-electron chi connectivity index (χ1n) is 12.6. The predicted molar refractivity (Wildman–Crippen MR) is 139 cm³/mol. The van der Waals surface area contributed by atoms with Crippen LogP contribution in [0.25, 0.3) is 11.2 Å². The summed E-state index contributed by atoms with van der Waals surface area (Å²) in [4.78, 5) is 26.7. The Kier molecular flexibility index (Phi) is 7.34. The van der Waals surface area contributed by atoms with Gasteiger partial charge >= 0.3 is 0 Å². The normalized spacial score (nSPS) is 20.7. The Morgan fingerprint density at radius 1 is 1.03 bits per heavy atom. The molecule has 2 heterocycles. The summed E-state index contributed by atoms with van der Waals surface area (Å²) in [5.74, 6) is 1.16. The number of hydrogen-bond acceptors (Lipinski definition) is 7. The van der Waals surface area contributed by atoms with Gasteiger partial charge in [-0.25, -0.2) is 4.98 Å². The fourth-order valence-electron chi connectivity index (χ4n) is 5.06. The van der Waals surface area contributed by atoms with E-state index in [-0.39, 0.29) is 5.91 Å². The van der Waals surface area contributed by atoms with Crippen molar-refractivity contribution >= 4 is 40.4 Å². The highest BCUT2D eigenvalue weighted by atomic mass is 35.5. The van der Waals surface area contributed by atoms with Crippen LogP contribution in [0.15, 0.2) is 30.6 Å². The zero-order valence-corrected chi connectivity index (χ0v) is 20.6. The standard InChI is InChI=1S/C25H33ClN8O/c26-17-7-5-16(6-8-17)24(35)29-14-13-28-22-21-23(34(15-30-21)20-3-1-2-4-20)33-25(32-22)31-19-11-9-18(27)10-12-19/h5-8,15,18-20H,1-4,9-14,27H2,(H,29,35)(H2,28,31,32,33). The maximum absolute atomic E-state index is 12.4. The van der Waals surface area contributed by atoms with E-state index in [2.05, 4.69) is 25.5 Å². The van der Waals surface area contributed by atoms with Gasteiger partial charge in [0, 0.05) is 41.8 Å². The smallest absolute Gasteiger partial charge is 0.251 e. The zero-order valence-electron chi connectivity index (χ0n) is 19.8. The van der Waals surface area contributed by atoms with Gasteiger partial charge in [0.2, 0.25) is 5.95 Å². The minimum Gasteiger partial charge on any atom is -0.366 e. The second kappa shape index (κ2) is 10.8. The molecule has 1 aromatic carbocycles. The van der Waals surface area contributed by atoms with Gasteiger partial charge < -0.3 is 26.3 Å². The second-order valence-electron chi connectivity index (χ2n) is 9.60. The van der Waals surface area contributed by atoms with Crippen LogP contribution in [-0.4, -0.2) is 50.6 Å². The summed E-state index contributed by atoms with van der Waals surface area (Å²) in [5, 5.41) is 10.4. The maximum Gasteiger partial charge on any atom is 0.251 e. The van der Waals surface area contributed by atoms with E-state index in [4.69, 9.17) is 27.3 Å². The van der Waals surface area contributed by atoms with Gasteiger partial charge in [0.15, 0.2) is 17.0 Å². The van der Waals surface area contributed by atoms with Crippen LogP contribution in [0, 0.1) is 0 Å². The van der Waals surface area contributed by atoms with E-state index in [0.717, 1.165) is 49.7 Å². The third-order valence-electron chi connectivity index (χ3n) is 7.05. The van der Waals surface area contributed by atoms with Gasteiger partial charge in [0.05, 0.1) is 6.33 Å². The quantitative estimate of drug-likeness (QED) is 0.346. The Labute approximate surface area is 210 Å². The number of nitrogens with zero attached hydrogens (tertiary/aromatic N) is 4. The number of benzene rings is 1. The molecule has 0 aliphatic heterocycles. The number of halogens is 1. The van der Waals surface area contributed by atoms with E-state index in [0.29, 0.717) is 53.6 Å². The van der Waals surface area contributed by atoms with Crippen LogP contribution in [0.4, 0.5) is 11.8 Å². The van der Waals surface area contributed by atoms with Crippen molar-refractivity contribution in [1.82, 2.24) is 24.8 Å². The first-order valence-corrected chi connectivity index (χ1v) is 13.0. The third-order valence-corrected chi connectivity index (χ3v) is 7.31. The minimum atomic E-state index is -0.139. The summed E-state index contributed by atoms with van der Waals surface area (Å²) in [6, 6.07) is 7.89. The van der Waals surface area contributed by atoms with Crippen LogP contribution < -0.4 is 21.7 Å². The van der Waals surface area contributed by atoms with E-state index < -0.39 is 0 Å². The van der Waals surface area contributed by atoms with Crippen molar-refractivity contribution in [3.05, 3.63) is 41.2 Å². The number of carbonyl (C=O) groups is 1. The molecule has 9 nitrogen and oxygen atoms in total. The number of rotatable bonds is 8. The fraction of sp³-hybridized carbons (Fsp3) is 0.520. The van der Waals surface area contributed by atoms with E-state index in [1.54, 1.807) is 24.3 Å². The first kappa shape index (κ1) is 23.8. The van der Waals surface area contributed by atoms with E-state index in [1.807, 2.05) is 6.33 Å². The van der Waals surface area contributed by atoms with Gasteiger partial charge in [-0.2, -0.15) is 9.97 Å². The number of carbonyl (C=O) groups excluding carboxylic acids is 1. The summed E-state index contributed by atoms with van der Waals surface area (Å²) in [5.41, 5.74) is 8.28. The van der Waals surface area contributed by atoms with Gasteiger partial charge in [-0.1, -0.05) is 24.4 Å². The summed E-state index contributed by atoms with van der Waals surface area (Å²) in [6.07, 6.45) is 10.7. The van der Waals surface area contributed by atoms with Crippen molar-refractivity contribution in [2.75, 3.05) is 23.7 Å². The predicted octanol–water partition coefficient (Wildman–Crippen LogP) is 4.12. The lowest BCUT2D eigenvalue weighted by Crippen LogP contribution is -2.33. The number of anilines is 2. The van der Waals surface area contributed by atoms with Gasteiger partial charge in [-0.05, 0) is 62.8 Å². The van der Waals surface area contributed by atoms with Crippen molar-refractivity contribution < 1.29 is 4.79 Å². The minimum absolute atomic E-state index is 0.139. The SMILES string of the molecule is NC1CCC(Nc2nc(NCCNC(=O)c3ccc(Cl)cc3)c3ncn(C4CCCC4)c3n2)CC1. The lowest BCUT2D eigenvalue weighted by Gasteiger charge is -2.27. The summed E-state index contributed by atoms with van der Waals surface area (Å²) in [6.45, 7) is 0.957. The molecule has 3 aromatic rings. The van der Waals surface area contributed by atoms with Crippen molar-refractivity contribution in [2.24, 2.45) is 5.73 Å². The molecule has 2 aromatic heterocycles. The Hall–Kier alpha value is -2.91. The lowest BCUT2D eigenvalue weighted by atomic mass is 9.92. The molecule has 0 spiro atoms. The summed E-state index contributed by atoms with van der Waals surface area (Å²) < 4.78 is 2.21. The molecule has 0 atom stereocenters. The highest BCUT2D eigenvalue weighted by molar-refractivity contribution is 6.30. The molecule has 0 unspecified atom stereocenters. The summed E-state index contributed by atoms with van der Waals surface area (Å²) >= 11 is 5.91. The monoisotopic (exact) mass is 496 g/mol. The van der Waals surface area contributed by atoms with Crippen LogP contribution in [0.3, 0.4) is 0 Å². The fourth-order valence-corrected chi connectivity index (χ4v) is 5.19. The molecular formula is C25H33ClN8O. The second-order valence-corrected chi connectivity index (χ2v) is 10.0. The first-order chi connectivity index (χ1) is 17.1. The molecule has 5 N–H and O–H groups in total. The van der Waals surface area contributed by atoms with Crippen LogP contribution in [0.2, 0.25) is 5.02 Å². The molecule has 0 radical (unpaired) electrons. The molecule has 2 aliphatic rings. The maximum atomic E-state index is 12.4. The molecule has 186 valence electrons. The Morgan fingerprint density at radius 3 is 2.51 bits per heavy atom. The Balaban J connectivity index is 1.30. The third kappa shape index (κ3) is 5.67. The van der Waals surface area contributed by atoms with E-state index in [1.165, 1.54) is 12.8 Å². The van der Waals surface area contributed by atoms with Crippen molar-refractivity contribution in [3.8, 4) is 0 Å². The number of imidazole rings is 1. The van der Waals surface area contributed by atoms with Crippen molar-refractivity contribution in [2.45, 2.75) is 69.5 Å². The Morgan fingerprint density at radius 2 is 1.77 bits per heavy atom. The molecule has 0 bridgehead atoms. The van der Waals surface area contributed by atoms with Crippen LogP contribution >= 0.6 is 11.6 Å². The molecule has 2 aliphatic carbocycles. The van der Waals surface area contributed by atoms with Crippen LogP contribution in [-0.2, 0) is 0 Å². The van der Waals surface area contributed by atoms with Crippen molar-refractivity contribution in [1.29, 1.82) is 0 Å². The van der Waals surface area contributed by atoms with E-state index in [9.17, 15) is 4.79 Å². The van der Waals surface area contributed by atoms with Crippen molar-refractivity contribution in [3.63, 3.8) is 0 Å². The topological polar surface area (TPSA) is 123 Å². The van der Waals surface area contributed by atoms with Gasteiger partial charge in [-0.3, -0.25) is 4.79 Å². The number of nitrogens with one attached hydrogen (secondary N) is 3. The number of fused-ring (bicyclic) bond motifs is 1. The molecule has 2 saturated carbocycles. The molecule has 0 saturated heterocycles. The molecule has 10 heteroatoms. The highest BCUT2D eigenvalue weighted by Crippen LogP contribution is 2.33. The van der Waals surface area contributed by atoms with Gasteiger partial charge in [-0.15, -0.1) is 0 Å². The summed E-state index contributed by atoms with van der Waals surface area (Å²) in [7, 11) is 0. The van der Waals surface area contributed by atoms with Crippen LogP contribution in [0.5, 0.6) is 0 Å². The Bertz CT molecular complexity index is 1150. The lowest BCUT2D eigenvalue weighted by molar-refractivity contribution is 0.0955. The number of hydrogen-bond donors (Lipinski definition) is 4. The number of nitrogens with two attached hydrogens (primary N) is 1.